The van der Waals surface area contributed by atoms with Crippen molar-refractivity contribution in [2.45, 2.75) is 90.7 Å². The number of amides is 2. The van der Waals surface area contributed by atoms with Crippen molar-refractivity contribution in [2.24, 2.45) is 17.8 Å². The number of carbonyl (C=O) groups is 2. The predicted molar refractivity (Wildman–Crippen MR) is 129 cm³/mol. The fourth-order valence-electron chi connectivity index (χ4n) is 5.48. The molecule has 0 radical (unpaired) electrons. The number of fused-ring (bicyclic) bond motifs is 2. The fourth-order valence-corrected chi connectivity index (χ4v) is 5.71. The summed E-state index contributed by atoms with van der Waals surface area (Å²) >= 11 is 6.02. The van der Waals surface area contributed by atoms with Gasteiger partial charge in [0, 0.05) is 23.5 Å². The lowest BCUT2D eigenvalue weighted by molar-refractivity contribution is -0.134. The molecule has 2 fully saturated rings. The minimum absolute atomic E-state index is 0.0297. The van der Waals surface area contributed by atoms with Crippen LogP contribution in [0.3, 0.4) is 0 Å². The summed E-state index contributed by atoms with van der Waals surface area (Å²) in [6.07, 6.45) is 7.14. The van der Waals surface area contributed by atoms with Crippen LogP contribution in [-0.2, 0) is 9.59 Å². The lowest BCUT2D eigenvalue weighted by Crippen LogP contribution is -2.50. The Kier molecular flexibility index (Phi) is 7.80. The minimum Gasteiger partial charge on any atom is -0.478 e. The lowest BCUT2D eigenvalue weighted by Gasteiger charge is -2.39. The van der Waals surface area contributed by atoms with Crippen LogP contribution in [0.1, 0.15) is 78.2 Å². The molecule has 3 atom stereocenters. The number of nitrogens with one attached hydrogen (secondary N) is 2. The van der Waals surface area contributed by atoms with Crippen LogP contribution in [0.5, 0.6) is 5.75 Å². The van der Waals surface area contributed by atoms with Gasteiger partial charge >= 0.3 is 0 Å². The van der Waals surface area contributed by atoms with Gasteiger partial charge in [-0.3, -0.25) is 9.59 Å². The van der Waals surface area contributed by atoms with Gasteiger partial charge in [-0.05, 0) is 101 Å². The number of hydrogen-bond acceptors (Lipinski definition) is 3. The Balaban J connectivity index is 1.50. The number of benzene rings is 1. The van der Waals surface area contributed by atoms with Gasteiger partial charge in [0.2, 0.25) is 5.91 Å². The number of halogens is 1. The molecule has 178 valence electrons. The van der Waals surface area contributed by atoms with E-state index in [1.807, 2.05) is 13.0 Å². The van der Waals surface area contributed by atoms with Gasteiger partial charge in [-0.2, -0.15) is 0 Å². The molecule has 0 spiro atoms. The maximum Gasteiger partial charge on any atom is 0.263 e. The SMILES string of the molecule is Cc1cc(Cl)ccc1OC(C)(C)C(=O)NCCC1C[C@@H]2CC[C@@](NC(=O)CC(C)C)(C1)C2. The first-order chi connectivity index (χ1) is 15.0. The number of carbonyl (C=O) groups excluding carboxylic acids is 2. The highest BCUT2D eigenvalue weighted by molar-refractivity contribution is 6.30. The maximum absolute atomic E-state index is 12.8. The van der Waals surface area contributed by atoms with E-state index in [1.54, 1.807) is 26.0 Å². The third kappa shape index (κ3) is 6.40. The molecular weight excluding hydrogens is 424 g/mol. The van der Waals surface area contributed by atoms with E-state index in [2.05, 4.69) is 24.5 Å². The highest BCUT2D eigenvalue weighted by Gasteiger charge is 2.46. The molecule has 1 aromatic rings. The van der Waals surface area contributed by atoms with Crippen molar-refractivity contribution in [3.05, 3.63) is 28.8 Å². The molecule has 2 bridgehead atoms. The smallest absolute Gasteiger partial charge is 0.263 e. The van der Waals surface area contributed by atoms with Crippen molar-refractivity contribution in [2.75, 3.05) is 6.54 Å². The van der Waals surface area contributed by atoms with Gasteiger partial charge in [-0.15, -0.1) is 0 Å². The van der Waals surface area contributed by atoms with E-state index in [1.165, 1.54) is 12.8 Å². The molecule has 5 nitrogen and oxygen atoms in total. The van der Waals surface area contributed by atoms with Crippen molar-refractivity contribution in [3.63, 3.8) is 0 Å². The molecule has 3 rings (SSSR count). The van der Waals surface area contributed by atoms with Crippen LogP contribution in [0, 0.1) is 24.7 Å². The van der Waals surface area contributed by atoms with Crippen molar-refractivity contribution in [3.8, 4) is 5.75 Å². The zero-order chi connectivity index (χ0) is 23.5. The molecule has 2 aliphatic rings. The first-order valence-electron chi connectivity index (χ1n) is 12.0. The Labute approximate surface area is 198 Å². The normalized spacial score (nSPS) is 25.0. The van der Waals surface area contributed by atoms with Crippen LogP contribution in [0.2, 0.25) is 5.02 Å². The molecule has 2 N–H and O–H groups in total. The Hall–Kier alpha value is -1.75. The summed E-state index contributed by atoms with van der Waals surface area (Å²) in [5, 5.41) is 7.11. The quantitative estimate of drug-likeness (QED) is 0.514. The van der Waals surface area contributed by atoms with Crippen LogP contribution >= 0.6 is 11.6 Å². The van der Waals surface area contributed by atoms with Crippen LogP contribution in [0.4, 0.5) is 0 Å². The van der Waals surface area contributed by atoms with Crippen molar-refractivity contribution in [1.82, 2.24) is 10.6 Å². The zero-order valence-corrected chi connectivity index (χ0v) is 21.0. The summed E-state index contributed by atoms with van der Waals surface area (Å²) < 4.78 is 6.01. The molecule has 1 aromatic carbocycles. The topological polar surface area (TPSA) is 67.4 Å². The summed E-state index contributed by atoms with van der Waals surface area (Å²) in [6.45, 7) is 10.3. The average Bonchev–Trinajstić information content (AvgIpc) is 2.97. The number of hydrogen-bond donors (Lipinski definition) is 2. The summed E-state index contributed by atoms with van der Waals surface area (Å²) in [6, 6.07) is 5.40. The second-order valence-corrected chi connectivity index (χ2v) is 11.3. The molecule has 0 aliphatic heterocycles. The number of rotatable bonds is 9. The van der Waals surface area contributed by atoms with Gasteiger partial charge < -0.3 is 15.4 Å². The van der Waals surface area contributed by atoms with Crippen molar-refractivity contribution < 1.29 is 14.3 Å². The van der Waals surface area contributed by atoms with Crippen molar-refractivity contribution in [1.29, 1.82) is 0 Å². The monoisotopic (exact) mass is 462 g/mol. The highest BCUT2D eigenvalue weighted by atomic mass is 35.5. The first-order valence-corrected chi connectivity index (χ1v) is 12.4. The van der Waals surface area contributed by atoms with E-state index in [9.17, 15) is 9.59 Å². The third-order valence-electron chi connectivity index (χ3n) is 6.94. The van der Waals surface area contributed by atoms with E-state index >= 15 is 0 Å². The Morgan fingerprint density at radius 2 is 2.03 bits per heavy atom. The number of ether oxygens (including phenoxy) is 1. The summed E-state index contributed by atoms with van der Waals surface area (Å²) in [5.41, 5.74) is -0.102. The van der Waals surface area contributed by atoms with Gasteiger partial charge in [-0.1, -0.05) is 25.4 Å². The van der Waals surface area contributed by atoms with Gasteiger partial charge in [0.05, 0.1) is 0 Å². The lowest BCUT2D eigenvalue weighted by atomic mass is 9.75. The molecule has 2 aliphatic carbocycles. The molecular formula is C26H39ClN2O3. The Bertz CT molecular complexity index is 838. The molecule has 2 amide bonds. The molecule has 0 aromatic heterocycles. The predicted octanol–water partition coefficient (Wildman–Crippen LogP) is 5.42. The van der Waals surface area contributed by atoms with E-state index < -0.39 is 5.60 Å². The van der Waals surface area contributed by atoms with Crippen LogP contribution in [0.15, 0.2) is 18.2 Å². The molecule has 6 heteroatoms. The van der Waals surface area contributed by atoms with Crippen molar-refractivity contribution >= 4 is 23.4 Å². The second-order valence-electron chi connectivity index (χ2n) is 10.9. The second kappa shape index (κ2) is 10.0. The molecule has 32 heavy (non-hydrogen) atoms. The van der Waals surface area contributed by atoms with E-state index in [4.69, 9.17) is 16.3 Å². The molecule has 0 saturated heterocycles. The summed E-state index contributed by atoms with van der Waals surface area (Å²) in [5.74, 6) is 2.32. The molecule has 0 heterocycles. The van der Waals surface area contributed by atoms with E-state index in [0.717, 1.165) is 31.2 Å². The number of aryl methyl sites for hydroxylation is 1. The summed E-state index contributed by atoms with van der Waals surface area (Å²) in [4.78, 5) is 25.3. The summed E-state index contributed by atoms with van der Waals surface area (Å²) in [7, 11) is 0. The zero-order valence-electron chi connectivity index (χ0n) is 20.2. The minimum atomic E-state index is -0.976. The Morgan fingerprint density at radius 3 is 2.72 bits per heavy atom. The molecule has 2 saturated carbocycles. The van der Waals surface area contributed by atoms with Gasteiger partial charge in [0.25, 0.3) is 5.91 Å². The molecule has 1 unspecified atom stereocenters. The van der Waals surface area contributed by atoms with E-state index in [-0.39, 0.29) is 17.4 Å². The van der Waals surface area contributed by atoms with Gasteiger partial charge in [0.1, 0.15) is 5.75 Å². The van der Waals surface area contributed by atoms with E-state index in [0.29, 0.717) is 41.5 Å². The Morgan fingerprint density at radius 1 is 1.28 bits per heavy atom. The largest absolute Gasteiger partial charge is 0.478 e. The van der Waals surface area contributed by atoms with Crippen LogP contribution in [-0.4, -0.2) is 29.5 Å². The van der Waals surface area contributed by atoms with Gasteiger partial charge in [-0.25, -0.2) is 0 Å². The van der Waals surface area contributed by atoms with Crippen LogP contribution < -0.4 is 15.4 Å². The standard InChI is InChI=1S/C26H39ClN2O3/c1-17(2)12-23(30)29-26-10-8-19(15-26)14-20(16-26)9-11-28-24(31)25(4,5)32-22-7-6-21(27)13-18(22)3/h6-7,13,17,19-20H,8-12,14-16H2,1-5H3,(H,28,31)(H,29,30)/t19-,20?,26-/m0/s1. The average molecular weight is 463 g/mol. The maximum atomic E-state index is 12.8. The first kappa shape index (κ1) is 24.9. The van der Waals surface area contributed by atoms with Gasteiger partial charge in [0.15, 0.2) is 5.60 Å². The highest BCUT2D eigenvalue weighted by Crippen LogP contribution is 2.48. The van der Waals surface area contributed by atoms with Crippen LogP contribution in [0.25, 0.3) is 0 Å². The fraction of sp³-hybridized carbons (Fsp3) is 0.692. The third-order valence-corrected chi connectivity index (χ3v) is 7.18.